The lowest BCUT2D eigenvalue weighted by molar-refractivity contribution is 0.0697. The summed E-state index contributed by atoms with van der Waals surface area (Å²) in [6, 6.07) is 20.8. The maximum Gasteiger partial charge on any atom is 0.337 e. The number of para-hydroxylation sites is 1. The number of pyridine rings is 1. The minimum absolute atomic E-state index is 0.232. The van der Waals surface area contributed by atoms with Crippen molar-refractivity contribution in [3.8, 4) is 5.69 Å². The van der Waals surface area contributed by atoms with Crippen LogP contribution in [0.25, 0.3) is 5.69 Å². The number of carbonyl (C=O) groups is 1. The molecule has 2 N–H and O–H groups in total. The Morgan fingerprint density at radius 3 is 2.45 bits per heavy atom. The van der Waals surface area contributed by atoms with Gasteiger partial charge < -0.3 is 24.8 Å². The number of anilines is 2. The van der Waals surface area contributed by atoms with E-state index in [-0.39, 0.29) is 17.6 Å². The molecule has 0 aliphatic carbocycles. The van der Waals surface area contributed by atoms with Crippen LogP contribution in [0.4, 0.5) is 11.4 Å². The van der Waals surface area contributed by atoms with E-state index in [2.05, 4.69) is 45.2 Å². The normalized spacial score (nSPS) is 19.3. The fourth-order valence-electron chi connectivity index (χ4n) is 6.41. The Morgan fingerprint density at radius 1 is 1.02 bits per heavy atom. The van der Waals surface area contributed by atoms with Gasteiger partial charge in [-0.1, -0.05) is 36.7 Å². The zero-order valence-corrected chi connectivity index (χ0v) is 25.5. The van der Waals surface area contributed by atoms with Crippen LogP contribution in [0.3, 0.4) is 0 Å². The zero-order valence-electron chi connectivity index (χ0n) is 23.9. The second kappa shape index (κ2) is 11.4. The molecule has 216 valence electrons. The Hall–Kier alpha value is -3.88. The van der Waals surface area contributed by atoms with Crippen molar-refractivity contribution in [2.24, 2.45) is 5.92 Å². The third kappa shape index (κ3) is 5.03. The van der Waals surface area contributed by atoms with Crippen molar-refractivity contribution in [3.05, 3.63) is 106 Å². The summed E-state index contributed by atoms with van der Waals surface area (Å²) in [7, 11) is 0. The third-order valence-corrected chi connectivity index (χ3v) is 9.21. The van der Waals surface area contributed by atoms with Gasteiger partial charge >= 0.3 is 5.97 Å². The van der Waals surface area contributed by atoms with Crippen LogP contribution in [0.15, 0.2) is 72.9 Å². The van der Waals surface area contributed by atoms with Crippen LogP contribution in [-0.4, -0.2) is 38.8 Å². The van der Waals surface area contributed by atoms with E-state index in [1.165, 1.54) is 0 Å². The molecule has 6 rings (SSSR count). The molecule has 0 radical (unpaired) electrons. The molecular weight excluding hydrogens is 566 g/mol. The van der Waals surface area contributed by atoms with E-state index in [1.54, 1.807) is 18.3 Å². The van der Waals surface area contributed by atoms with Crippen LogP contribution >= 0.6 is 23.8 Å². The molecule has 42 heavy (non-hydrogen) atoms. The molecular formula is C33H34ClN5O2S. The van der Waals surface area contributed by atoms with Crippen LogP contribution in [0.2, 0.25) is 5.02 Å². The van der Waals surface area contributed by atoms with Crippen molar-refractivity contribution in [3.63, 3.8) is 0 Å². The maximum absolute atomic E-state index is 12.1. The van der Waals surface area contributed by atoms with E-state index in [1.807, 2.05) is 54.8 Å². The van der Waals surface area contributed by atoms with Gasteiger partial charge in [0.1, 0.15) is 0 Å². The molecule has 2 atom stereocenters. The van der Waals surface area contributed by atoms with E-state index in [0.717, 1.165) is 65.9 Å². The number of hydrogen-bond acceptors (Lipinski definition) is 4. The summed E-state index contributed by atoms with van der Waals surface area (Å²) in [5, 5.41) is 14.7. The summed E-state index contributed by atoms with van der Waals surface area (Å²) >= 11 is 12.9. The fourth-order valence-corrected chi connectivity index (χ4v) is 7.05. The highest BCUT2D eigenvalue weighted by molar-refractivity contribution is 7.80. The fraction of sp³-hybridized carbons (Fsp3) is 0.303. The van der Waals surface area contributed by atoms with Crippen molar-refractivity contribution >= 4 is 46.3 Å². The molecule has 7 nitrogen and oxygen atoms in total. The molecule has 0 bridgehead atoms. The molecule has 2 aromatic carbocycles. The molecule has 2 aliphatic rings. The van der Waals surface area contributed by atoms with Crippen LogP contribution in [-0.2, 0) is 0 Å². The van der Waals surface area contributed by atoms with Crippen molar-refractivity contribution < 1.29 is 9.90 Å². The molecule has 4 aromatic rings. The number of aromatic carboxylic acids is 1. The molecule has 2 fully saturated rings. The first-order valence-electron chi connectivity index (χ1n) is 14.3. The van der Waals surface area contributed by atoms with Crippen molar-refractivity contribution in [1.29, 1.82) is 0 Å². The highest BCUT2D eigenvalue weighted by Crippen LogP contribution is 2.45. The van der Waals surface area contributed by atoms with Gasteiger partial charge in [0.25, 0.3) is 0 Å². The maximum atomic E-state index is 12.1. The summed E-state index contributed by atoms with van der Waals surface area (Å²) in [4.78, 5) is 21.3. The molecule has 0 saturated carbocycles. The SMILES string of the molecule is Cc1cc([C@H]2[C@@H](c3ccccn3)NC(=S)N2c2ccc(N3CCC(C)CC3)c(Cl)c2)c(C)n1-c1ccccc1C(=O)O. The number of benzene rings is 2. The van der Waals surface area contributed by atoms with Gasteiger partial charge in [-0.05, 0) is 98.9 Å². The van der Waals surface area contributed by atoms with Crippen molar-refractivity contribution in [1.82, 2.24) is 14.9 Å². The van der Waals surface area contributed by atoms with Crippen LogP contribution in [0.1, 0.15) is 64.9 Å². The molecule has 0 unspecified atom stereocenters. The predicted octanol–water partition coefficient (Wildman–Crippen LogP) is 7.25. The smallest absolute Gasteiger partial charge is 0.337 e. The summed E-state index contributed by atoms with van der Waals surface area (Å²) < 4.78 is 2.02. The Balaban J connectivity index is 1.46. The number of hydrogen-bond donors (Lipinski definition) is 2. The average Bonchev–Trinajstić information content (AvgIpc) is 3.48. The summed E-state index contributed by atoms with van der Waals surface area (Å²) in [5.41, 5.74) is 6.59. The first kappa shape index (κ1) is 28.2. The van der Waals surface area contributed by atoms with E-state index < -0.39 is 5.97 Å². The van der Waals surface area contributed by atoms with Gasteiger partial charge in [-0.2, -0.15) is 0 Å². The molecule has 0 amide bonds. The first-order chi connectivity index (χ1) is 20.2. The number of thiocarbonyl (C=S) groups is 1. The Bertz CT molecular complexity index is 1650. The van der Waals surface area contributed by atoms with E-state index in [9.17, 15) is 9.90 Å². The van der Waals surface area contributed by atoms with E-state index >= 15 is 0 Å². The highest BCUT2D eigenvalue weighted by atomic mass is 35.5. The average molecular weight is 600 g/mol. The number of carboxylic acid groups (broad SMARTS) is 1. The molecule has 2 aliphatic heterocycles. The molecule has 0 spiro atoms. The number of aryl methyl sites for hydroxylation is 1. The topological polar surface area (TPSA) is 73.6 Å². The van der Waals surface area contributed by atoms with Gasteiger partial charge in [-0.15, -0.1) is 0 Å². The van der Waals surface area contributed by atoms with Gasteiger partial charge in [0, 0.05) is 36.4 Å². The molecule has 2 aromatic heterocycles. The number of rotatable bonds is 6. The van der Waals surface area contributed by atoms with Crippen molar-refractivity contribution in [2.75, 3.05) is 22.9 Å². The van der Waals surface area contributed by atoms with Crippen LogP contribution in [0.5, 0.6) is 0 Å². The number of nitrogens with zero attached hydrogens (tertiary/aromatic N) is 4. The van der Waals surface area contributed by atoms with E-state index in [4.69, 9.17) is 23.8 Å². The van der Waals surface area contributed by atoms with Crippen molar-refractivity contribution in [2.45, 2.75) is 45.7 Å². The number of aromatic nitrogens is 2. The number of piperidine rings is 1. The van der Waals surface area contributed by atoms with Gasteiger partial charge in [0.15, 0.2) is 5.11 Å². The minimum atomic E-state index is -0.964. The van der Waals surface area contributed by atoms with Gasteiger partial charge in [0.05, 0.1) is 39.7 Å². The molecule has 4 heterocycles. The van der Waals surface area contributed by atoms with Gasteiger partial charge in [-0.25, -0.2) is 4.79 Å². The second-order valence-electron chi connectivity index (χ2n) is 11.3. The predicted molar refractivity (Wildman–Crippen MR) is 172 cm³/mol. The second-order valence-corrected chi connectivity index (χ2v) is 12.1. The summed E-state index contributed by atoms with van der Waals surface area (Å²) in [6.45, 7) is 8.33. The first-order valence-corrected chi connectivity index (χ1v) is 15.1. The van der Waals surface area contributed by atoms with Gasteiger partial charge in [0.2, 0.25) is 0 Å². The number of halogens is 1. The largest absolute Gasteiger partial charge is 0.478 e. The lowest BCUT2D eigenvalue weighted by Gasteiger charge is -2.33. The minimum Gasteiger partial charge on any atom is -0.478 e. The lowest BCUT2D eigenvalue weighted by Crippen LogP contribution is -2.33. The number of carboxylic acids is 1. The molecule has 2 saturated heterocycles. The third-order valence-electron chi connectivity index (χ3n) is 8.60. The zero-order chi connectivity index (χ0) is 29.5. The number of nitrogens with one attached hydrogen (secondary N) is 1. The Labute approximate surface area is 256 Å². The standard InChI is InChI=1S/C33H34ClN5O2S/c1-20-13-16-37(17-14-20)29-12-11-23(19-26(29)34)39-31(30(36-33(39)42)27-9-6-7-15-35-27)25-18-21(2)38(22(25)3)28-10-5-4-8-24(28)32(40)41/h4-12,15,18-20,30-31H,13-14,16-17H2,1-3H3,(H,36,42)(H,40,41)/t30-,31+/m1/s1. The highest BCUT2D eigenvalue weighted by Gasteiger charge is 2.42. The van der Waals surface area contributed by atoms with Crippen LogP contribution in [0, 0.1) is 19.8 Å². The quantitative estimate of drug-likeness (QED) is 0.226. The Morgan fingerprint density at radius 2 is 1.76 bits per heavy atom. The molecule has 9 heteroatoms. The summed E-state index contributed by atoms with van der Waals surface area (Å²) in [5.74, 6) is -0.229. The van der Waals surface area contributed by atoms with Crippen LogP contribution < -0.4 is 15.1 Å². The Kier molecular flexibility index (Phi) is 7.68. The summed E-state index contributed by atoms with van der Waals surface area (Å²) in [6.07, 6.45) is 4.11. The van der Waals surface area contributed by atoms with Gasteiger partial charge in [-0.3, -0.25) is 4.98 Å². The van der Waals surface area contributed by atoms with E-state index in [0.29, 0.717) is 15.8 Å². The monoisotopic (exact) mass is 599 g/mol. The lowest BCUT2D eigenvalue weighted by atomic mass is 9.96.